The molecule has 2 amide bonds. The summed E-state index contributed by atoms with van der Waals surface area (Å²) in [6.45, 7) is 1.59. The van der Waals surface area contributed by atoms with Gasteiger partial charge in [-0.3, -0.25) is 9.59 Å². The minimum atomic E-state index is -4.97. The lowest BCUT2D eigenvalue weighted by molar-refractivity contribution is -0.167. The van der Waals surface area contributed by atoms with Crippen molar-refractivity contribution in [3.8, 4) is 0 Å². The van der Waals surface area contributed by atoms with E-state index in [1.807, 2.05) is 0 Å². The summed E-state index contributed by atoms with van der Waals surface area (Å²) in [4.78, 5) is 23.0. The van der Waals surface area contributed by atoms with Crippen molar-refractivity contribution >= 4 is 46.4 Å². The number of hydrogen-bond donors (Lipinski definition) is 2. The van der Waals surface area contributed by atoms with E-state index in [0.29, 0.717) is 21.3 Å². The molecule has 2 N–H and O–H groups in total. The van der Waals surface area contributed by atoms with Crippen LogP contribution in [0.25, 0.3) is 0 Å². The number of carbonyl (C=O) groups excluding carboxylic acids is 2. The van der Waals surface area contributed by atoms with Crippen molar-refractivity contribution in [2.75, 3.05) is 5.32 Å². The van der Waals surface area contributed by atoms with Crippen molar-refractivity contribution in [1.82, 2.24) is 5.43 Å². The van der Waals surface area contributed by atoms with E-state index in [0.717, 1.165) is 0 Å². The molecule has 2 rings (SSSR count). The maximum atomic E-state index is 12.2. The maximum absolute atomic E-state index is 12.2. The molecule has 0 saturated carbocycles. The first-order valence-electron chi connectivity index (χ1n) is 7.35. The molecule has 5 nitrogen and oxygen atoms in total. The van der Waals surface area contributed by atoms with Gasteiger partial charge in [0, 0.05) is 21.3 Å². The van der Waals surface area contributed by atoms with Gasteiger partial charge < -0.3 is 5.32 Å². The Hall–Kier alpha value is -2.58. The third-order valence-corrected chi connectivity index (χ3v) is 3.70. The van der Waals surface area contributed by atoms with Gasteiger partial charge in [0.2, 0.25) is 0 Å². The van der Waals surface area contributed by atoms with Gasteiger partial charge in [0.1, 0.15) is 0 Å². The van der Waals surface area contributed by atoms with Gasteiger partial charge in [0.25, 0.3) is 5.91 Å². The number of benzene rings is 2. The highest BCUT2D eigenvalue weighted by atomic mass is 35.5. The molecule has 0 unspecified atom stereocenters. The van der Waals surface area contributed by atoms with Gasteiger partial charge in [-0.25, -0.2) is 5.43 Å². The number of amides is 2. The number of rotatable bonds is 4. The first-order chi connectivity index (χ1) is 12.6. The lowest BCUT2D eigenvalue weighted by Crippen LogP contribution is -2.29. The van der Waals surface area contributed by atoms with Crippen LogP contribution in [0.15, 0.2) is 47.6 Å². The van der Waals surface area contributed by atoms with Gasteiger partial charge in [-0.05, 0) is 42.8 Å². The van der Waals surface area contributed by atoms with Gasteiger partial charge in [0.15, 0.2) is 0 Å². The molecule has 0 heterocycles. The Labute approximate surface area is 162 Å². The Morgan fingerprint density at radius 2 is 1.52 bits per heavy atom. The van der Waals surface area contributed by atoms with E-state index >= 15 is 0 Å². The number of alkyl halides is 3. The zero-order valence-electron chi connectivity index (χ0n) is 13.7. The van der Waals surface area contributed by atoms with Crippen LogP contribution in [0.1, 0.15) is 22.8 Å². The average molecular weight is 418 g/mol. The van der Waals surface area contributed by atoms with Crippen LogP contribution in [0.3, 0.4) is 0 Å². The Balaban J connectivity index is 2.05. The van der Waals surface area contributed by atoms with Crippen molar-refractivity contribution < 1.29 is 22.8 Å². The summed E-state index contributed by atoms with van der Waals surface area (Å²) in [5, 5.41) is 6.25. The second-order valence-electron chi connectivity index (χ2n) is 5.33. The van der Waals surface area contributed by atoms with E-state index in [1.165, 1.54) is 42.5 Å². The standard InChI is InChI=1S/C17H12Cl2F3N3O2/c1-9(24-25-15(26)11-6-12(18)8-13(19)7-11)10-2-4-14(5-3-10)23-16(27)17(20,21)22/h2-8H,1H3,(H,23,27)(H,25,26). The number of nitrogens with zero attached hydrogens (tertiary/aromatic N) is 1. The Morgan fingerprint density at radius 3 is 2.04 bits per heavy atom. The van der Waals surface area contributed by atoms with E-state index in [-0.39, 0.29) is 11.3 Å². The minimum absolute atomic E-state index is 0.0218. The van der Waals surface area contributed by atoms with Gasteiger partial charge in [-0.15, -0.1) is 0 Å². The van der Waals surface area contributed by atoms with Crippen LogP contribution in [0, 0.1) is 0 Å². The van der Waals surface area contributed by atoms with Crippen molar-refractivity contribution in [3.63, 3.8) is 0 Å². The molecule has 10 heteroatoms. The molecule has 2 aromatic rings. The number of halogens is 5. The quantitative estimate of drug-likeness (QED) is 0.561. The molecule has 0 bridgehead atoms. The predicted molar refractivity (Wildman–Crippen MR) is 97.3 cm³/mol. The smallest absolute Gasteiger partial charge is 0.318 e. The minimum Gasteiger partial charge on any atom is -0.318 e. The Morgan fingerprint density at radius 1 is 0.963 bits per heavy atom. The number of hydrazone groups is 1. The van der Waals surface area contributed by atoms with E-state index in [2.05, 4.69) is 10.5 Å². The van der Waals surface area contributed by atoms with Crippen molar-refractivity contribution in [2.24, 2.45) is 5.10 Å². The van der Waals surface area contributed by atoms with Crippen LogP contribution in [0.4, 0.5) is 18.9 Å². The van der Waals surface area contributed by atoms with Gasteiger partial charge >= 0.3 is 12.1 Å². The zero-order valence-corrected chi connectivity index (χ0v) is 15.2. The number of hydrogen-bond acceptors (Lipinski definition) is 3. The number of nitrogens with one attached hydrogen (secondary N) is 2. The molecule has 0 atom stereocenters. The van der Waals surface area contributed by atoms with Crippen LogP contribution in [0.5, 0.6) is 0 Å². The van der Waals surface area contributed by atoms with Gasteiger partial charge in [0.05, 0.1) is 5.71 Å². The summed E-state index contributed by atoms with van der Waals surface area (Å²) in [5.74, 6) is -2.60. The molecular formula is C17H12Cl2F3N3O2. The van der Waals surface area contributed by atoms with Crippen LogP contribution < -0.4 is 10.7 Å². The molecule has 0 radical (unpaired) electrons. The highest BCUT2D eigenvalue weighted by Gasteiger charge is 2.38. The third-order valence-electron chi connectivity index (χ3n) is 3.27. The highest BCUT2D eigenvalue weighted by Crippen LogP contribution is 2.20. The summed E-state index contributed by atoms with van der Waals surface area (Å²) in [6, 6.07) is 9.80. The first-order valence-corrected chi connectivity index (χ1v) is 8.11. The van der Waals surface area contributed by atoms with E-state index in [9.17, 15) is 22.8 Å². The summed E-state index contributed by atoms with van der Waals surface area (Å²) in [5.41, 5.74) is 3.45. The molecular weight excluding hydrogens is 406 g/mol. The third kappa shape index (κ3) is 5.97. The summed E-state index contributed by atoms with van der Waals surface area (Å²) < 4.78 is 36.7. The lowest BCUT2D eigenvalue weighted by Gasteiger charge is -2.08. The summed E-state index contributed by atoms with van der Waals surface area (Å²) in [6.07, 6.45) is -4.97. The monoisotopic (exact) mass is 417 g/mol. The number of anilines is 1. The summed E-state index contributed by atoms with van der Waals surface area (Å²) in [7, 11) is 0. The zero-order chi connectivity index (χ0) is 20.2. The van der Waals surface area contributed by atoms with E-state index in [1.54, 1.807) is 12.2 Å². The van der Waals surface area contributed by atoms with Crippen LogP contribution >= 0.6 is 23.2 Å². The largest absolute Gasteiger partial charge is 0.471 e. The first kappa shape index (κ1) is 20.7. The number of carbonyl (C=O) groups is 2. The average Bonchev–Trinajstić information content (AvgIpc) is 2.58. The van der Waals surface area contributed by atoms with Crippen molar-refractivity contribution in [3.05, 3.63) is 63.6 Å². The van der Waals surface area contributed by atoms with Gasteiger partial charge in [-0.1, -0.05) is 35.3 Å². The van der Waals surface area contributed by atoms with E-state index in [4.69, 9.17) is 23.2 Å². The Kier molecular flexibility index (Phi) is 6.45. The van der Waals surface area contributed by atoms with Crippen molar-refractivity contribution in [2.45, 2.75) is 13.1 Å². The molecule has 0 fully saturated rings. The van der Waals surface area contributed by atoms with Crippen LogP contribution in [-0.2, 0) is 4.79 Å². The molecule has 0 aliphatic heterocycles. The molecule has 142 valence electrons. The fourth-order valence-corrected chi connectivity index (χ4v) is 2.47. The normalized spacial score (nSPS) is 11.9. The Bertz CT molecular complexity index is 877. The molecule has 27 heavy (non-hydrogen) atoms. The molecule has 0 aliphatic carbocycles. The molecule has 2 aromatic carbocycles. The second-order valence-corrected chi connectivity index (χ2v) is 6.20. The predicted octanol–water partition coefficient (Wildman–Crippen LogP) is 4.65. The molecule has 0 spiro atoms. The topological polar surface area (TPSA) is 70.6 Å². The van der Waals surface area contributed by atoms with Crippen molar-refractivity contribution in [1.29, 1.82) is 0 Å². The van der Waals surface area contributed by atoms with Crippen LogP contribution in [-0.4, -0.2) is 23.7 Å². The molecule has 0 aromatic heterocycles. The van der Waals surface area contributed by atoms with E-state index < -0.39 is 18.0 Å². The van der Waals surface area contributed by atoms with Gasteiger partial charge in [-0.2, -0.15) is 18.3 Å². The fourth-order valence-electron chi connectivity index (χ4n) is 1.95. The SMILES string of the molecule is CC(=NNC(=O)c1cc(Cl)cc(Cl)c1)c1ccc(NC(=O)C(F)(F)F)cc1. The maximum Gasteiger partial charge on any atom is 0.471 e. The molecule has 0 aliphatic rings. The van der Waals surface area contributed by atoms with Crippen LogP contribution in [0.2, 0.25) is 10.0 Å². The highest BCUT2D eigenvalue weighted by molar-refractivity contribution is 6.35. The summed E-state index contributed by atoms with van der Waals surface area (Å²) >= 11 is 11.7. The second kappa shape index (κ2) is 8.41. The fraction of sp³-hybridized carbons (Fsp3) is 0.118. The lowest BCUT2D eigenvalue weighted by atomic mass is 10.1. The molecule has 0 saturated heterocycles.